The zero-order valence-corrected chi connectivity index (χ0v) is 63.1. The molecular weight excluding hydrogens is 1390 g/mol. The Morgan fingerprint density at radius 1 is 0.455 bits per heavy atom. The van der Waals surface area contributed by atoms with Crippen LogP contribution in [0.15, 0.2) is 146 Å². The lowest BCUT2D eigenvalue weighted by atomic mass is 9.98. The van der Waals surface area contributed by atoms with E-state index in [9.17, 15) is 47.9 Å². The molecule has 26 nitrogen and oxygen atoms in total. The van der Waals surface area contributed by atoms with Crippen molar-refractivity contribution >= 4 is 133 Å². The van der Waals surface area contributed by atoms with Crippen LogP contribution in [0.25, 0.3) is 45.1 Å². The lowest BCUT2D eigenvalue weighted by Crippen LogP contribution is -2.35. The van der Waals surface area contributed by atoms with Crippen LogP contribution in [-0.2, 0) is 38.4 Å². The van der Waals surface area contributed by atoms with Crippen molar-refractivity contribution in [1.29, 1.82) is 0 Å². The Bertz CT molecular complexity index is 5210. The van der Waals surface area contributed by atoms with Gasteiger partial charge in [0.2, 0.25) is 11.8 Å². The Morgan fingerprint density at radius 3 is 1.33 bits per heavy atom. The molecule has 10 aromatic rings. The van der Waals surface area contributed by atoms with Crippen molar-refractivity contribution in [2.45, 2.75) is 100 Å². The molecule has 6 aromatic carbocycles. The van der Waals surface area contributed by atoms with Gasteiger partial charge in [-0.1, -0.05) is 88.4 Å². The van der Waals surface area contributed by atoms with E-state index in [0.717, 1.165) is 61.3 Å². The summed E-state index contributed by atoms with van der Waals surface area (Å²) in [6.07, 6.45) is 7.35. The maximum atomic E-state index is 13.3. The summed E-state index contributed by atoms with van der Waals surface area (Å²) in [6, 6.07) is 39.2. The van der Waals surface area contributed by atoms with Crippen molar-refractivity contribution in [2.24, 2.45) is 0 Å². The number of H-pyrrole nitrogens is 2. The standard InChI is InChI=1S/C43H48N8O5.C41H44N8O5/c1-5-50(6-2)21-20-44-42(55)40-27(3)37(47-28(40)4)25-35-34-23-30(12-16-36(34)49-41(35)54)22-33(52)15-17-39(53)51-38-24-32(14-13-31(38)26-46-51)48-43(56)45-19-18-29-10-8-7-9-11-29;1-5-48(6-2)19-18-42-40(53)38-25(3)35(44-26(38)4)23-33-32-21-27(12-16-34(32)47-39(33)52)20-31(50)15-17-37(51)49-36-22-30(14-13-28(36)24-43-49)46-41(54)45-29-10-8-7-9-11-29/h7-14,16,23-26,47H,5-6,15,17-22H2,1-4H3,(H,44,55)(H,49,54)(H2,45,48,56);7-14,16,21-24,44H,5-6,15,17-20H2,1-4H3,(H,42,53)(H,47,52)(H2,45,46,54)/b35-25-;33-23-. The van der Waals surface area contributed by atoms with Gasteiger partial charge in [-0.05, 0) is 173 Å². The molecule has 0 atom stereocenters. The van der Waals surface area contributed by atoms with Gasteiger partial charge in [-0.25, -0.2) is 19.0 Å². The van der Waals surface area contributed by atoms with Gasteiger partial charge in [0.15, 0.2) is 0 Å². The minimum atomic E-state index is -0.428. The summed E-state index contributed by atoms with van der Waals surface area (Å²) in [7, 11) is 0. The lowest BCUT2D eigenvalue weighted by molar-refractivity contribution is -0.119. The number of Topliss-reactive ketones (excluding diaryl/α,β-unsaturated/α-hetero) is 2. The first-order chi connectivity index (χ1) is 53.1. The Kier molecular flexibility index (Phi) is 25.9. The van der Waals surface area contributed by atoms with Crippen molar-refractivity contribution in [3.05, 3.63) is 219 Å². The number of carbonyl (C=O) groups excluding carboxylic acids is 10. The number of benzene rings is 6. The number of likely N-dealkylation sites (N-methyl/N-ethyl adjacent to an activating group) is 2. The molecule has 12 rings (SSSR count). The fraction of sp³-hybridized carbons (Fsp3) is 0.286. The second-order valence-electron chi connectivity index (χ2n) is 27.1. The quantitative estimate of drug-likeness (QED) is 0.0187. The Morgan fingerprint density at radius 2 is 0.882 bits per heavy atom. The monoisotopic (exact) mass is 1480 g/mol. The molecule has 0 saturated heterocycles. The molecule has 2 aliphatic heterocycles. The number of hydrogen-bond donors (Lipinski definition) is 10. The molecule has 0 spiro atoms. The number of amides is 8. The number of anilines is 5. The first-order valence-corrected chi connectivity index (χ1v) is 37.1. The number of aryl methyl sites for hydroxylation is 2. The van der Waals surface area contributed by atoms with Crippen molar-refractivity contribution in [2.75, 3.05) is 85.5 Å². The number of ketones is 2. The molecule has 26 heteroatoms. The Hall–Kier alpha value is -12.7. The molecule has 0 bridgehead atoms. The topological polar surface area (TPSA) is 341 Å². The van der Waals surface area contributed by atoms with E-state index in [2.05, 4.69) is 100 Å². The van der Waals surface area contributed by atoms with Crippen LogP contribution in [0.2, 0.25) is 0 Å². The van der Waals surface area contributed by atoms with Crippen molar-refractivity contribution in [1.82, 2.24) is 55.3 Å². The van der Waals surface area contributed by atoms with E-state index in [1.165, 1.54) is 9.36 Å². The predicted molar refractivity (Wildman–Crippen MR) is 430 cm³/mol. The number of aromatic amines is 2. The third-order valence-corrected chi connectivity index (χ3v) is 19.7. The molecule has 110 heavy (non-hydrogen) atoms. The summed E-state index contributed by atoms with van der Waals surface area (Å²) in [6.45, 7) is 22.4. The number of aromatic nitrogens is 6. The molecule has 0 fully saturated rings. The zero-order chi connectivity index (χ0) is 78.1. The molecule has 0 radical (unpaired) electrons. The highest BCUT2D eigenvalue weighted by atomic mass is 16.2. The highest BCUT2D eigenvalue weighted by molar-refractivity contribution is 6.36. The van der Waals surface area contributed by atoms with Crippen LogP contribution in [0.4, 0.5) is 38.0 Å². The number of urea groups is 2. The van der Waals surface area contributed by atoms with Gasteiger partial charge >= 0.3 is 12.1 Å². The minimum Gasteiger partial charge on any atom is -0.358 e. The maximum absolute atomic E-state index is 13.3. The third kappa shape index (κ3) is 19.4. The van der Waals surface area contributed by atoms with Crippen LogP contribution in [0.1, 0.15) is 145 Å². The first kappa shape index (κ1) is 78.4. The highest BCUT2D eigenvalue weighted by Crippen LogP contribution is 2.37. The summed E-state index contributed by atoms with van der Waals surface area (Å²) in [4.78, 5) is 141. The van der Waals surface area contributed by atoms with Crippen LogP contribution >= 0.6 is 0 Å². The predicted octanol–water partition coefficient (Wildman–Crippen LogP) is 12.6. The lowest BCUT2D eigenvalue weighted by Gasteiger charge is -2.18. The summed E-state index contributed by atoms with van der Waals surface area (Å²) in [5, 5.41) is 32.9. The molecule has 4 aromatic heterocycles. The van der Waals surface area contributed by atoms with Crippen LogP contribution < -0.4 is 42.5 Å². The van der Waals surface area contributed by atoms with Gasteiger partial charge in [-0.3, -0.25) is 38.4 Å². The van der Waals surface area contributed by atoms with Gasteiger partial charge < -0.3 is 62.3 Å². The normalized spacial score (nSPS) is 12.9. The SMILES string of the molecule is CCN(CC)CCNC(=O)c1c(C)[nH]c(/C=C2\C(=O)Nc3ccc(CC(=O)CCC(=O)n4ncc5ccc(NC(=O)NCCc6ccccc6)cc54)cc32)c1C.CCN(CC)CCNC(=O)c1c(C)[nH]c(/C=C2\C(=O)Nc3ccc(CC(=O)CCC(=O)n4ncc5ccc(NC(=O)Nc6ccccc6)cc54)cc32)c1C. The van der Waals surface area contributed by atoms with Crippen molar-refractivity contribution < 1.29 is 47.9 Å². The van der Waals surface area contributed by atoms with E-state index < -0.39 is 6.03 Å². The van der Waals surface area contributed by atoms with E-state index in [-0.39, 0.29) is 91.6 Å². The van der Waals surface area contributed by atoms with E-state index >= 15 is 0 Å². The van der Waals surface area contributed by atoms with Gasteiger partial charge in [0.05, 0.1) is 45.7 Å². The number of fused-ring (bicyclic) bond motifs is 4. The summed E-state index contributed by atoms with van der Waals surface area (Å²) < 4.78 is 2.51. The molecule has 0 aliphatic carbocycles. The van der Waals surface area contributed by atoms with Crippen molar-refractivity contribution in [3.8, 4) is 0 Å². The molecule has 2 aliphatic rings. The molecule has 0 unspecified atom stereocenters. The molecule has 568 valence electrons. The zero-order valence-electron chi connectivity index (χ0n) is 63.1. The third-order valence-electron chi connectivity index (χ3n) is 19.7. The fourth-order valence-corrected chi connectivity index (χ4v) is 13.6. The number of para-hydroxylation sites is 1. The Balaban J connectivity index is 0.000000218. The van der Waals surface area contributed by atoms with Crippen LogP contribution in [0, 0.1) is 27.7 Å². The average molecular weight is 1490 g/mol. The molecule has 0 saturated carbocycles. The summed E-state index contributed by atoms with van der Waals surface area (Å²) >= 11 is 0. The van der Waals surface area contributed by atoms with Gasteiger partial charge in [0, 0.05) is 144 Å². The molecule has 8 amide bonds. The maximum Gasteiger partial charge on any atom is 0.323 e. The molecular formula is C84H92N16O10. The number of hydrogen-bond acceptors (Lipinski definition) is 14. The second-order valence-corrected chi connectivity index (χ2v) is 27.1. The van der Waals surface area contributed by atoms with Crippen LogP contribution in [0.5, 0.6) is 0 Å². The number of nitrogens with one attached hydrogen (secondary N) is 10. The van der Waals surface area contributed by atoms with Crippen LogP contribution in [-0.4, -0.2) is 157 Å². The number of nitrogens with zero attached hydrogens (tertiary/aromatic N) is 6. The average Bonchev–Trinajstić information content (AvgIpc) is 1.64. The number of carbonyl (C=O) groups is 10. The van der Waals surface area contributed by atoms with Gasteiger partial charge in [-0.2, -0.15) is 10.2 Å². The first-order valence-electron chi connectivity index (χ1n) is 37.1. The van der Waals surface area contributed by atoms with E-state index in [1.54, 1.807) is 97.3 Å². The smallest absolute Gasteiger partial charge is 0.323 e. The minimum absolute atomic E-state index is 0.000380. The summed E-state index contributed by atoms with van der Waals surface area (Å²) in [5.74, 6) is -1.88. The Labute approximate surface area is 637 Å². The second kappa shape index (κ2) is 36.3. The van der Waals surface area contributed by atoms with Crippen LogP contribution in [0.3, 0.4) is 0 Å². The summed E-state index contributed by atoms with van der Waals surface area (Å²) in [5.41, 5.74) is 13.9. The highest BCUT2D eigenvalue weighted by Gasteiger charge is 2.29. The van der Waals surface area contributed by atoms with Gasteiger partial charge in [0.1, 0.15) is 11.6 Å². The molecule has 10 N–H and O–H groups in total. The van der Waals surface area contributed by atoms with E-state index in [4.69, 9.17) is 0 Å². The van der Waals surface area contributed by atoms with Gasteiger partial charge in [-0.15, -0.1) is 0 Å². The van der Waals surface area contributed by atoms with Crippen molar-refractivity contribution in [3.63, 3.8) is 0 Å². The van der Waals surface area contributed by atoms with E-state index in [1.807, 2.05) is 88.4 Å². The van der Waals surface area contributed by atoms with E-state index in [0.29, 0.717) is 138 Å². The molecule has 6 heterocycles. The van der Waals surface area contributed by atoms with Gasteiger partial charge in [0.25, 0.3) is 23.6 Å². The fourth-order valence-electron chi connectivity index (χ4n) is 13.6. The number of rotatable bonds is 30. The largest absolute Gasteiger partial charge is 0.358 e.